The summed E-state index contributed by atoms with van der Waals surface area (Å²) in [6, 6.07) is 14.3. The minimum atomic E-state index is -0.339. The highest BCUT2D eigenvalue weighted by molar-refractivity contribution is 6.01. The predicted molar refractivity (Wildman–Crippen MR) is 94.2 cm³/mol. The van der Waals surface area contributed by atoms with Crippen LogP contribution in [0.3, 0.4) is 0 Å². The van der Waals surface area contributed by atoms with Crippen LogP contribution in [0.2, 0.25) is 0 Å². The van der Waals surface area contributed by atoms with Crippen molar-refractivity contribution < 1.29 is 9.59 Å². The fourth-order valence-electron chi connectivity index (χ4n) is 2.16. The molecule has 0 saturated heterocycles. The van der Waals surface area contributed by atoms with Gasteiger partial charge in [-0.2, -0.15) is 0 Å². The van der Waals surface area contributed by atoms with Gasteiger partial charge in [-0.05, 0) is 42.2 Å². The standard InChI is InChI=1S/C19H22N2O2/c1-13(22)14-6-5-7-17(12-14)21-18(23)20-16-10-8-15(9-11-16)19(2,3)4/h5-12H,1-4H3,(H2,20,21,23). The van der Waals surface area contributed by atoms with E-state index >= 15 is 0 Å². The third kappa shape index (κ3) is 4.68. The topological polar surface area (TPSA) is 58.2 Å². The number of urea groups is 1. The first-order valence-corrected chi connectivity index (χ1v) is 7.55. The minimum Gasteiger partial charge on any atom is -0.308 e. The number of hydrogen-bond acceptors (Lipinski definition) is 2. The van der Waals surface area contributed by atoms with Gasteiger partial charge in [0.1, 0.15) is 0 Å². The SMILES string of the molecule is CC(=O)c1cccc(NC(=O)Nc2ccc(C(C)(C)C)cc2)c1. The highest BCUT2D eigenvalue weighted by atomic mass is 16.2. The summed E-state index contributed by atoms with van der Waals surface area (Å²) in [5, 5.41) is 5.51. The molecule has 23 heavy (non-hydrogen) atoms. The molecule has 2 aromatic carbocycles. The summed E-state index contributed by atoms with van der Waals surface area (Å²) in [5.41, 5.74) is 3.16. The molecule has 0 heterocycles. The maximum atomic E-state index is 12.0. The molecular weight excluding hydrogens is 288 g/mol. The Bertz CT molecular complexity index is 713. The van der Waals surface area contributed by atoms with Gasteiger partial charge in [0.25, 0.3) is 0 Å². The Hall–Kier alpha value is -2.62. The molecule has 0 unspecified atom stereocenters. The molecule has 2 rings (SSSR count). The Morgan fingerprint density at radius 2 is 1.48 bits per heavy atom. The Kier molecular flexibility index (Phi) is 4.84. The van der Waals surface area contributed by atoms with Crippen molar-refractivity contribution in [2.45, 2.75) is 33.1 Å². The zero-order valence-electron chi connectivity index (χ0n) is 13.9. The number of ketones is 1. The van der Waals surface area contributed by atoms with Crippen LogP contribution < -0.4 is 10.6 Å². The first-order chi connectivity index (χ1) is 10.8. The molecule has 0 aliphatic carbocycles. The highest BCUT2D eigenvalue weighted by Crippen LogP contribution is 2.23. The van der Waals surface area contributed by atoms with E-state index in [1.807, 2.05) is 24.3 Å². The van der Waals surface area contributed by atoms with Gasteiger partial charge in [-0.1, -0.05) is 45.0 Å². The van der Waals surface area contributed by atoms with Gasteiger partial charge in [0.2, 0.25) is 0 Å². The second-order valence-corrected chi connectivity index (χ2v) is 6.54. The molecule has 0 aliphatic heterocycles. The zero-order valence-corrected chi connectivity index (χ0v) is 13.9. The summed E-state index contributed by atoms with van der Waals surface area (Å²) < 4.78 is 0. The molecule has 4 nitrogen and oxygen atoms in total. The number of Topliss-reactive ketones (excluding diaryl/α,β-unsaturated/α-hetero) is 1. The predicted octanol–water partition coefficient (Wildman–Crippen LogP) is 4.83. The molecule has 2 aromatic rings. The van der Waals surface area contributed by atoms with E-state index < -0.39 is 0 Å². The first kappa shape index (κ1) is 16.7. The lowest BCUT2D eigenvalue weighted by Gasteiger charge is -2.19. The summed E-state index contributed by atoms with van der Waals surface area (Å²) >= 11 is 0. The lowest BCUT2D eigenvalue weighted by Crippen LogP contribution is -2.19. The molecule has 0 fully saturated rings. The Labute approximate surface area is 136 Å². The molecule has 0 saturated carbocycles. The van der Waals surface area contributed by atoms with Crippen LogP contribution in [0.5, 0.6) is 0 Å². The maximum absolute atomic E-state index is 12.0. The van der Waals surface area contributed by atoms with Crippen LogP contribution in [-0.4, -0.2) is 11.8 Å². The normalized spacial score (nSPS) is 11.0. The zero-order chi connectivity index (χ0) is 17.0. The largest absolute Gasteiger partial charge is 0.323 e. The Morgan fingerprint density at radius 1 is 0.870 bits per heavy atom. The average molecular weight is 310 g/mol. The van der Waals surface area contributed by atoms with Gasteiger partial charge in [-0.15, -0.1) is 0 Å². The van der Waals surface area contributed by atoms with E-state index in [4.69, 9.17) is 0 Å². The van der Waals surface area contributed by atoms with Crippen LogP contribution in [0.1, 0.15) is 43.6 Å². The van der Waals surface area contributed by atoms with Crippen molar-refractivity contribution in [1.29, 1.82) is 0 Å². The third-order valence-corrected chi connectivity index (χ3v) is 3.54. The summed E-state index contributed by atoms with van der Waals surface area (Å²) in [6.45, 7) is 7.93. The van der Waals surface area contributed by atoms with E-state index in [0.717, 1.165) is 5.69 Å². The summed E-state index contributed by atoms with van der Waals surface area (Å²) in [5.74, 6) is -0.0353. The summed E-state index contributed by atoms with van der Waals surface area (Å²) in [6.07, 6.45) is 0. The van der Waals surface area contributed by atoms with E-state index in [1.54, 1.807) is 24.3 Å². The lowest BCUT2D eigenvalue weighted by atomic mass is 9.87. The van der Waals surface area contributed by atoms with Gasteiger partial charge in [0.15, 0.2) is 5.78 Å². The van der Waals surface area contributed by atoms with Gasteiger partial charge >= 0.3 is 6.03 Å². The van der Waals surface area contributed by atoms with Crippen LogP contribution in [0.4, 0.5) is 16.2 Å². The molecule has 0 atom stereocenters. The molecule has 4 heteroatoms. The number of nitrogens with one attached hydrogen (secondary N) is 2. The maximum Gasteiger partial charge on any atom is 0.323 e. The van der Waals surface area contributed by atoms with Crippen molar-refractivity contribution in [2.24, 2.45) is 0 Å². The van der Waals surface area contributed by atoms with Crippen molar-refractivity contribution in [3.8, 4) is 0 Å². The number of hydrogen-bond donors (Lipinski definition) is 2. The second-order valence-electron chi connectivity index (χ2n) is 6.54. The fraction of sp³-hybridized carbons (Fsp3) is 0.263. The molecule has 2 N–H and O–H groups in total. The van der Waals surface area contributed by atoms with Gasteiger partial charge in [-0.3, -0.25) is 4.79 Å². The van der Waals surface area contributed by atoms with E-state index in [-0.39, 0.29) is 17.2 Å². The number of anilines is 2. The molecule has 0 aliphatic rings. The molecule has 0 radical (unpaired) electrons. The van der Waals surface area contributed by atoms with Crippen molar-refractivity contribution in [2.75, 3.05) is 10.6 Å². The molecule has 120 valence electrons. The van der Waals surface area contributed by atoms with E-state index in [2.05, 4.69) is 31.4 Å². The van der Waals surface area contributed by atoms with Gasteiger partial charge in [-0.25, -0.2) is 4.79 Å². The van der Waals surface area contributed by atoms with Crippen LogP contribution >= 0.6 is 0 Å². The summed E-state index contributed by atoms with van der Waals surface area (Å²) in [4.78, 5) is 23.4. The average Bonchev–Trinajstić information content (AvgIpc) is 2.47. The molecule has 0 aromatic heterocycles. The van der Waals surface area contributed by atoms with Gasteiger partial charge in [0, 0.05) is 16.9 Å². The number of amides is 2. The lowest BCUT2D eigenvalue weighted by molar-refractivity contribution is 0.101. The van der Waals surface area contributed by atoms with E-state index in [9.17, 15) is 9.59 Å². The fourth-order valence-corrected chi connectivity index (χ4v) is 2.16. The number of rotatable bonds is 3. The van der Waals surface area contributed by atoms with Crippen LogP contribution in [0, 0.1) is 0 Å². The highest BCUT2D eigenvalue weighted by Gasteiger charge is 2.13. The Morgan fingerprint density at radius 3 is 2.04 bits per heavy atom. The number of benzene rings is 2. The van der Waals surface area contributed by atoms with Crippen LogP contribution in [0.15, 0.2) is 48.5 Å². The van der Waals surface area contributed by atoms with Crippen molar-refractivity contribution in [3.05, 3.63) is 59.7 Å². The van der Waals surface area contributed by atoms with Gasteiger partial charge < -0.3 is 10.6 Å². The number of carbonyl (C=O) groups is 2. The molecule has 0 spiro atoms. The third-order valence-electron chi connectivity index (χ3n) is 3.54. The molecule has 2 amide bonds. The molecular formula is C19H22N2O2. The van der Waals surface area contributed by atoms with Gasteiger partial charge in [0.05, 0.1) is 0 Å². The van der Waals surface area contributed by atoms with E-state index in [0.29, 0.717) is 11.3 Å². The van der Waals surface area contributed by atoms with Crippen molar-refractivity contribution in [1.82, 2.24) is 0 Å². The molecule has 0 bridgehead atoms. The van der Waals surface area contributed by atoms with Crippen molar-refractivity contribution >= 4 is 23.2 Å². The van der Waals surface area contributed by atoms with Crippen molar-refractivity contribution in [3.63, 3.8) is 0 Å². The monoisotopic (exact) mass is 310 g/mol. The first-order valence-electron chi connectivity index (χ1n) is 7.55. The van der Waals surface area contributed by atoms with Crippen LogP contribution in [-0.2, 0) is 5.41 Å². The minimum absolute atomic E-state index is 0.0353. The Balaban J connectivity index is 2.02. The number of carbonyl (C=O) groups excluding carboxylic acids is 2. The van der Waals surface area contributed by atoms with Crippen LogP contribution in [0.25, 0.3) is 0 Å². The van der Waals surface area contributed by atoms with E-state index in [1.165, 1.54) is 12.5 Å². The quantitative estimate of drug-likeness (QED) is 0.798. The smallest absolute Gasteiger partial charge is 0.308 e. The second kappa shape index (κ2) is 6.65. The summed E-state index contributed by atoms with van der Waals surface area (Å²) in [7, 11) is 0.